The van der Waals surface area contributed by atoms with E-state index in [-0.39, 0.29) is 42.3 Å². The van der Waals surface area contributed by atoms with Crippen molar-refractivity contribution >= 4 is 35.8 Å². The largest absolute Gasteiger partial charge is 0.459 e. The van der Waals surface area contributed by atoms with Crippen molar-refractivity contribution in [1.82, 2.24) is 16.0 Å². The Bertz CT molecular complexity index is 781. The molecule has 2 aromatic rings. The van der Waals surface area contributed by atoms with Crippen LogP contribution in [0.1, 0.15) is 21.7 Å². The lowest BCUT2D eigenvalue weighted by Gasteiger charge is -2.12. The lowest BCUT2D eigenvalue weighted by molar-refractivity contribution is -0.176. The van der Waals surface area contributed by atoms with Crippen LogP contribution in [0.4, 0.5) is 13.2 Å². The van der Waals surface area contributed by atoms with Crippen molar-refractivity contribution in [3.05, 3.63) is 59.5 Å². The first-order valence-electron chi connectivity index (χ1n) is 8.86. The molecule has 7 nitrogen and oxygen atoms in total. The van der Waals surface area contributed by atoms with Crippen molar-refractivity contribution in [2.24, 2.45) is 4.99 Å². The monoisotopic (exact) mass is 540 g/mol. The highest BCUT2D eigenvalue weighted by molar-refractivity contribution is 14.0. The Morgan fingerprint density at radius 2 is 1.73 bits per heavy atom. The summed E-state index contributed by atoms with van der Waals surface area (Å²) < 4.78 is 45.8. The molecule has 0 aliphatic carbocycles. The Kier molecular flexibility index (Phi) is 11.3. The van der Waals surface area contributed by atoms with E-state index in [2.05, 4.69) is 25.7 Å². The second-order valence-electron chi connectivity index (χ2n) is 6.01. The molecule has 0 radical (unpaired) electrons. The predicted octanol–water partition coefficient (Wildman–Crippen LogP) is 3.07. The number of amides is 1. The maximum absolute atomic E-state index is 12.1. The van der Waals surface area contributed by atoms with Gasteiger partial charge in [-0.2, -0.15) is 13.2 Å². The number of halogens is 4. The quantitative estimate of drug-likeness (QED) is 0.197. The van der Waals surface area contributed by atoms with Crippen LogP contribution in [0.2, 0.25) is 0 Å². The summed E-state index contributed by atoms with van der Waals surface area (Å²) in [4.78, 5) is 15.8. The number of carbonyl (C=O) groups is 1. The highest BCUT2D eigenvalue weighted by Crippen LogP contribution is 2.15. The molecule has 0 saturated carbocycles. The predicted molar refractivity (Wildman–Crippen MR) is 117 cm³/mol. The fourth-order valence-electron chi connectivity index (χ4n) is 2.30. The van der Waals surface area contributed by atoms with Gasteiger partial charge in [0.15, 0.2) is 11.7 Å². The summed E-state index contributed by atoms with van der Waals surface area (Å²) in [5.41, 5.74) is 1.59. The van der Waals surface area contributed by atoms with Gasteiger partial charge in [0.2, 0.25) is 0 Å². The first-order chi connectivity index (χ1) is 13.9. The number of ether oxygens (including phenoxy) is 1. The van der Waals surface area contributed by atoms with Crippen molar-refractivity contribution in [3.8, 4) is 0 Å². The number of furan rings is 1. The zero-order chi connectivity index (χ0) is 21.1. The van der Waals surface area contributed by atoms with E-state index in [0.717, 1.165) is 5.56 Å². The molecular weight excluding hydrogens is 516 g/mol. The van der Waals surface area contributed by atoms with Gasteiger partial charge in [-0.25, -0.2) is 0 Å². The fraction of sp³-hybridized carbons (Fsp3) is 0.368. The van der Waals surface area contributed by atoms with E-state index in [0.29, 0.717) is 31.2 Å². The third-order valence-electron chi connectivity index (χ3n) is 3.69. The van der Waals surface area contributed by atoms with Gasteiger partial charge >= 0.3 is 6.18 Å². The van der Waals surface area contributed by atoms with Gasteiger partial charge in [-0.3, -0.25) is 9.79 Å². The molecule has 166 valence electrons. The van der Waals surface area contributed by atoms with Gasteiger partial charge in [0.25, 0.3) is 5.91 Å². The number of benzene rings is 1. The van der Waals surface area contributed by atoms with Crippen LogP contribution >= 0.6 is 24.0 Å². The number of aliphatic imine (C=N–C) groups is 1. The third-order valence-corrected chi connectivity index (χ3v) is 3.69. The average molecular weight is 540 g/mol. The second-order valence-corrected chi connectivity index (χ2v) is 6.01. The van der Waals surface area contributed by atoms with E-state index < -0.39 is 12.8 Å². The molecule has 1 aromatic heterocycles. The summed E-state index contributed by atoms with van der Waals surface area (Å²) >= 11 is 0. The van der Waals surface area contributed by atoms with Crippen LogP contribution in [0.15, 0.2) is 52.1 Å². The van der Waals surface area contributed by atoms with Crippen LogP contribution in [0.3, 0.4) is 0 Å². The van der Waals surface area contributed by atoms with Crippen molar-refractivity contribution in [1.29, 1.82) is 0 Å². The number of alkyl halides is 3. The van der Waals surface area contributed by atoms with E-state index >= 15 is 0 Å². The van der Waals surface area contributed by atoms with Crippen molar-refractivity contribution < 1.29 is 27.1 Å². The van der Waals surface area contributed by atoms with E-state index in [1.807, 2.05) is 0 Å². The Hall–Kier alpha value is -2.28. The molecule has 3 N–H and O–H groups in total. The maximum Gasteiger partial charge on any atom is 0.411 e. The topological polar surface area (TPSA) is 87.9 Å². The second kappa shape index (κ2) is 13.1. The minimum atomic E-state index is -4.33. The van der Waals surface area contributed by atoms with Crippen molar-refractivity contribution in [3.63, 3.8) is 0 Å². The van der Waals surface area contributed by atoms with Crippen LogP contribution in [-0.2, 0) is 17.9 Å². The minimum Gasteiger partial charge on any atom is -0.459 e. The maximum atomic E-state index is 12.1. The summed E-state index contributed by atoms with van der Waals surface area (Å²) in [5.74, 6) is 0.508. The Morgan fingerprint density at radius 1 is 1.07 bits per heavy atom. The standard InChI is InChI=1S/C19H23F3N4O3.HI/c1-23-18(25-9-8-24-17(27)16-3-2-10-29-16)26-11-14-4-6-15(7-5-14)12-28-13-19(20,21)22;/h2-7,10H,8-9,11-13H2,1H3,(H,24,27)(H2,23,25,26);1H. The van der Waals surface area contributed by atoms with Crippen LogP contribution in [0.5, 0.6) is 0 Å². The SMILES string of the molecule is CN=C(NCCNC(=O)c1ccco1)NCc1ccc(COCC(F)(F)F)cc1.I. The lowest BCUT2D eigenvalue weighted by atomic mass is 10.1. The Morgan fingerprint density at radius 3 is 2.33 bits per heavy atom. The van der Waals surface area contributed by atoms with Gasteiger partial charge in [0, 0.05) is 26.7 Å². The van der Waals surface area contributed by atoms with Gasteiger partial charge in [-0.05, 0) is 23.3 Å². The van der Waals surface area contributed by atoms with Crippen LogP contribution in [0, 0.1) is 0 Å². The number of nitrogens with zero attached hydrogens (tertiary/aromatic N) is 1. The summed E-state index contributed by atoms with van der Waals surface area (Å²) in [7, 11) is 1.62. The Balaban J connectivity index is 0.00000450. The highest BCUT2D eigenvalue weighted by atomic mass is 127. The first-order valence-corrected chi connectivity index (χ1v) is 8.86. The first kappa shape index (κ1) is 25.8. The van der Waals surface area contributed by atoms with Crippen molar-refractivity contribution in [2.45, 2.75) is 19.3 Å². The molecular formula is C19H24F3IN4O3. The summed E-state index contributed by atoms with van der Waals surface area (Å²) in [6, 6.07) is 10.3. The zero-order valence-electron chi connectivity index (χ0n) is 16.3. The van der Waals surface area contributed by atoms with E-state index in [9.17, 15) is 18.0 Å². The molecule has 11 heteroatoms. The van der Waals surface area contributed by atoms with Gasteiger partial charge < -0.3 is 25.1 Å². The van der Waals surface area contributed by atoms with E-state index in [1.54, 1.807) is 43.4 Å². The van der Waals surface area contributed by atoms with Gasteiger partial charge in [-0.15, -0.1) is 24.0 Å². The molecule has 1 aromatic carbocycles. The number of hydrogen-bond donors (Lipinski definition) is 3. The van der Waals surface area contributed by atoms with Gasteiger partial charge in [0.1, 0.15) is 6.61 Å². The smallest absolute Gasteiger partial charge is 0.411 e. The molecule has 2 rings (SSSR count). The zero-order valence-corrected chi connectivity index (χ0v) is 18.6. The molecule has 0 saturated heterocycles. The average Bonchev–Trinajstić information content (AvgIpc) is 3.22. The molecule has 0 fully saturated rings. The van der Waals surface area contributed by atoms with E-state index in [1.165, 1.54) is 6.26 Å². The minimum absolute atomic E-state index is 0. The highest BCUT2D eigenvalue weighted by Gasteiger charge is 2.27. The number of rotatable bonds is 9. The molecule has 0 spiro atoms. The number of hydrogen-bond acceptors (Lipinski definition) is 4. The van der Waals surface area contributed by atoms with Gasteiger partial charge in [-0.1, -0.05) is 24.3 Å². The molecule has 1 heterocycles. The third kappa shape index (κ3) is 9.96. The fourth-order valence-corrected chi connectivity index (χ4v) is 2.30. The normalized spacial score (nSPS) is 11.5. The lowest BCUT2D eigenvalue weighted by Crippen LogP contribution is -2.41. The van der Waals surface area contributed by atoms with Crippen LogP contribution in [0.25, 0.3) is 0 Å². The molecule has 1 amide bonds. The molecule has 0 atom stereocenters. The van der Waals surface area contributed by atoms with Crippen LogP contribution in [-0.4, -0.2) is 44.8 Å². The number of nitrogens with one attached hydrogen (secondary N) is 3. The summed E-state index contributed by atoms with van der Waals surface area (Å²) in [6.45, 7) is -0.0446. The Labute approximate surface area is 189 Å². The molecule has 0 unspecified atom stereocenters. The van der Waals surface area contributed by atoms with Crippen LogP contribution < -0.4 is 16.0 Å². The van der Waals surface area contributed by atoms with E-state index in [4.69, 9.17) is 4.42 Å². The summed E-state index contributed by atoms with van der Waals surface area (Å²) in [6.07, 6.45) is -2.89. The van der Waals surface area contributed by atoms with Gasteiger partial charge in [0.05, 0.1) is 12.9 Å². The molecule has 0 bridgehead atoms. The number of guanidine groups is 1. The number of carbonyl (C=O) groups excluding carboxylic acids is 1. The summed E-state index contributed by atoms with van der Waals surface area (Å²) in [5, 5.41) is 8.88. The molecule has 30 heavy (non-hydrogen) atoms. The van der Waals surface area contributed by atoms with Crippen molar-refractivity contribution in [2.75, 3.05) is 26.7 Å². The molecule has 0 aliphatic rings. The molecule has 0 aliphatic heterocycles.